The maximum atomic E-state index is 12.4. The molecule has 0 radical (unpaired) electrons. The van der Waals surface area contributed by atoms with Crippen LogP contribution < -0.4 is 16.0 Å². The fraction of sp³-hybridized carbons (Fsp3) is 0.471. The Morgan fingerprint density at radius 3 is 2.48 bits per heavy atom. The van der Waals surface area contributed by atoms with Gasteiger partial charge in [-0.1, -0.05) is 12.1 Å². The van der Waals surface area contributed by atoms with Gasteiger partial charge in [-0.3, -0.25) is 14.4 Å². The Labute approximate surface area is 145 Å². The molecule has 0 aliphatic carbocycles. The smallest absolute Gasteiger partial charge is 0.325 e. The summed E-state index contributed by atoms with van der Waals surface area (Å²) in [7, 11) is 0. The lowest BCUT2D eigenvalue weighted by Gasteiger charge is -2.22. The van der Waals surface area contributed by atoms with Gasteiger partial charge in [0.25, 0.3) is 0 Å². The largest absolute Gasteiger partial charge is 0.508 e. The van der Waals surface area contributed by atoms with Crippen LogP contribution >= 0.6 is 0 Å². The summed E-state index contributed by atoms with van der Waals surface area (Å²) in [6.07, 6.45) is 1.78. The quantitative estimate of drug-likeness (QED) is 0.462. The summed E-state index contributed by atoms with van der Waals surface area (Å²) in [4.78, 5) is 35.7. The number of amides is 2. The van der Waals surface area contributed by atoms with Gasteiger partial charge >= 0.3 is 5.97 Å². The fourth-order valence-corrected chi connectivity index (χ4v) is 2.63. The van der Waals surface area contributed by atoms with Crippen LogP contribution in [0.2, 0.25) is 0 Å². The second-order valence-corrected chi connectivity index (χ2v) is 6.15. The van der Waals surface area contributed by atoms with Crippen LogP contribution in [0.25, 0.3) is 0 Å². The number of carboxylic acids is 1. The van der Waals surface area contributed by atoms with Crippen LogP contribution in [0.1, 0.15) is 25.3 Å². The molecule has 5 N–H and O–H groups in total. The number of carbonyl (C=O) groups is 3. The van der Waals surface area contributed by atoms with Crippen molar-refractivity contribution in [2.75, 3.05) is 6.54 Å². The molecule has 8 heteroatoms. The monoisotopic (exact) mass is 349 g/mol. The number of carbonyl (C=O) groups excluding carboxylic acids is 2. The minimum absolute atomic E-state index is 0.100. The summed E-state index contributed by atoms with van der Waals surface area (Å²) in [5.41, 5.74) is 0.737. The molecule has 1 aromatic carbocycles. The van der Waals surface area contributed by atoms with Gasteiger partial charge in [0.15, 0.2) is 0 Å². The lowest BCUT2D eigenvalue weighted by molar-refractivity contribution is -0.141. The zero-order chi connectivity index (χ0) is 18.4. The molecule has 1 aliphatic heterocycles. The standard InChI is InChI=1S/C17H23N3O5/c1-10(17(24)25)19-16(23)14(9-11-4-6-12(21)7-5-11)20-15(22)13-3-2-8-18-13/h4-7,10,13-14,18,21H,2-3,8-9H2,1H3,(H,19,23)(H,20,22)(H,24,25)/t10?,13-,14-/m0/s1. The van der Waals surface area contributed by atoms with E-state index in [2.05, 4.69) is 16.0 Å². The summed E-state index contributed by atoms with van der Waals surface area (Å²) in [5.74, 6) is -1.89. The van der Waals surface area contributed by atoms with Gasteiger partial charge in [0.2, 0.25) is 11.8 Å². The van der Waals surface area contributed by atoms with Crippen LogP contribution in [0.3, 0.4) is 0 Å². The molecular weight excluding hydrogens is 326 g/mol. The first kappa shape index (κ1) is 18.7. The van der Waals surface area contributed by atoms with E-state index in [0.717, 1.165) is 18.5 Å². The zero-order valence-electron chi connectivity index (χ0n) is 14.0. The maximum Gasteiger partial charge on any atom is 0.325 e. The third kappa shape index (κ3) is 5.46. The molecule has 1 aliphatic rings. The number of nitrogens with one attached hydrogen (secondary N) is 3. The number of hydrogen-bond donors (Lipinski definition) is 5. The molecule has 25 heavy (non-hydrogen) atoms. The normalized spacial score (nSPS) is 19.0. The van der Waals surface area contributed by atoms with Crippen molar-refractivity contribution >= 4 is 17.8 Å². The first-order chi connectivity index (χ1) is 11.9. The minimum atomic E-state index is -1.15. The molecular formula is C17H23N3O5. The highest BCUT2D eigenvalue weighted by Gasteiger charge is 2.28. The van der Waals surface area contributed by atoms with E-state index in [0.29, 0.717) is 6.42 Å². The van der Waals surface area contributed by atoms with Gasteiger partial charge in [-0.2, -0.15) is 0 Å². The zero-order valence-corrected chi connectivity index (χ0v) is 14.0. The van der Waals surface area contributed by atoms with Crippen molar-refractivity contribution < 1.29 is 24.6 Å². The number of aliphatic carboxylic acids is 1. The summed E-state index contributed by atoms with van der Waals surface area (Å²) in [6, 6.07) is 3.98. The minimum Gasteiger partial charge on any atom is -0.508 e. The average Bonchev–Trinajstić information content (AvgIpc) is 3.10. The fourth-order valence-electron chi connectivity index (χ4n) is 2.63. The predicted molar refractivity (Wildman–Crippen MR) is 90.0 cm³/mol. The van der Waals surface area contributed by atoms with Gasteiger partial charge in [-0.15, -0.1) is 0 Å². The van der Waals surface area contributed by atoms with E-state index in [4.69, 9.17) is 5.11 Å². The lowest BCUT2D eigenvalue weighted by atomic mass is 10.0. The second kappa shape index (κ2) is 8.48. The van der Waals surface area contributed by atoms with E-state index >= 15 is 0 Å². The lowest BCUT2D eigenvalue weighted by Crippen LogP contribution is -2.54. The number of aromatic hydroxyl groups is 1. The number of phenols is 1. The SMILES string of the molecule is CC(NC(=O)[C@H](Cc1ccc(O)cc1)NC(=O)[C@@H]1CCCN1)C(=O)O. The van der Waals surface area contributed by atoms with Crippen LogP contribution in [-0.2, 0) is 20.8 Å². The van der Waals surface area contributed by atoms with E-state index in [9.17, 15) is 19.5 Å². The van der Waals surface area contributed by atoms with E-state index in [1.54, 1.807) is 12.1 Å². The number of benzene rings is 1. The summed E-state index contributed by atoms with van der Waals surface area (Å²) < 4.78 is 0. The maximum absolute atomic E-state index is 12.4. The molecule has 0 bridgehead atoms. The number of phenolic OH excluding ortho intramolecular Hbond substituents is 1. The Morgan fingerprint density at radius 2 is 1.92 bits per heavy atom. The number of hydrogen-bond acceptors (Lipinski definition) is 5. The molecule has 2 rings (SSSR count). The Morgan fingerprint density at radius 1 is 1.24 bits per heavy atom. The van der Waals surface area contributed by atoms with Crippen molar-refractivity contribution in [1.82, 2.24) is 16.0 Å². The third-order valence-electron chi connectivity index (χ3n) is 4.12. The van der Waals surface area contributed by atoms with E-state index in [1.165, 1.54) is 19.1 Å². The van der Waals surface area contributed by atoms with E-state index < -0.39 is 24.0 Å². The summed E-state index contributed by atoms with van der Waals surface area (Å²) >= 11 is 0. The second-order valence-electron chi connectivity index (χ2n) is 6.15. The Kier molecular flexibility index (Phi) is 6.35. The Hall–Kier alpha value is -2.61. The molecule has 0 aromatic heterocycles. The van der Waals surface area contributed by atoms with Crippen molar-refractivity contribution in [3.63, 3.8) is 0 Å². The number of carboxylic acid groups (broad SMARTS) is 1. The van der Waals surface area contributed by atoms with Gasteiger partial charge in [0.1, 0.15) is 17.8 Å². The highest BCUT2D eigenvalue weighted by Crippen LogP contribution is 2.12. The Balaban J connectivity index is 2.08. The van der Waals surface area contributed by atoms with Crippen LogP contribution in [0.4, 0.5) is 0 Å². The van der Waals surface area contributed by atoms with Gasteiger partial charge in [0, 0.05) is 6.42 Å². The van der Waals surface area contributed by atoms with Crippen molar-refractivity contribution in [2.24, 2.45) is 0 Å². The molecule has 1 heterocycles. The molecule has 1 saturated heterocycles. The molecule has 2 amide bonds. The van der Waals surface area contributed by atoms with Gasteiger partial charge in [0.05, 0.1) is 6.04 Å². The van der Waals surface area contributed by atoms with Crippen LogP contribution in [0.15, 0.2) is 24.3 Å². The summed E-state index contributed by atoms with van der Waals surface area (Å²) in [5, 5.41) is 26.4. The van der Waals surface area contributed by atoms with Crippen LogP contribution in [0, 0.1) is 0 Å². The van der Waals surface area contributed by atoms with Crippen molar-refractivity contribution in [3.05, 3.63) is 29.8 Å². The molecule has 3 atom stereocenters. The molecule has 1 aromatic rings. The number of rotatable bonds is 7. The van der Waals surface area contributed by atoms with Gasteiger partial charge < -0.3 is 26.2 Å². The predicted octanol–water partition coefficient (Wildman–Crippen LogP) is -0.239. The highest BCUT2D eigenvalue weighted by atomic mass is 16.4. The molecule has 8 nitrogen and oxygen atoms in total. The van der Waals surface area contributed by atoms with Crippen LogP contribution in [-0.4, -0.2) is 52.7 Å². The molecule has 1 unspecified atom stereocenters. The van der Waals surface area contributed by atoms with E-state index in [1.807, 2.05) is 0 Å². The van der Waals surface area contributed by atoms with Crippen molar-refractivity contribution in [1.29, 1.82) is 0 Å². The topological polar surface area (TPSA) is 128 Å². The molecule has 136 valence electrons. The first-order valence-corrected chi connectivity index (χ1v) is 8.21. The van der Waals surface area contributed by atoms with Crippen molar-refractivity contribution in [2.45, 2.75) is 44.3 Å². The molecule has 0 spiro atoms. The molecule has 1 fully saturated rings. The highest BCUT2D eigenvalue weighted by molar-refractivity contribution is 5.92. The summed E-state index contributed by atoms with van der Waals surface area (Å²) in [6.45, 7) is 2.11. The van der Waals surface area contributed by atoms with Crippen molar-refractivity contribution in [3.8, 4) is 5.75 Å². The third-order valence-corrected chi connectivity index (χ3v) is 4.12. The van der Waals surface area contributed by atoms with Gasteiger partial charge in [-0.25, -0.2) is 0 Å². The molecule has 0 saturated carbocycles. The van der Waals surface area contributed by atoms with E-state index in [-0.39, 0.29) is 24.1 Å². The Bertz CT molecular complexity index is 626. The van der Waals surface area contributed by atoms with Gasteiger partial charge in [-0.05, 0) is 44.0 Å². The van der Waals surface area contributed by atoms with Crippen LogP contribution in [0.5, 0.6) is 5.75 Å². The first-order valence-electron chi connectivity index (χ1n) is 8.21. The average molecular weight is 349 g/mol.